The zero-order valence-electron chi connectivity index (χ0n) is 14.2. The van der Waals surface area contributed by atoms with Crippen LogP contribution in [-0.4, -0.2) is 37.4 Å². The van der Waals surface area contributed by atoms with Gasteiger partial charge in [0.2, 0.25) is 5.91 Å². The number of hydrogen-bond acceptors (Lipinski definition) is 2. The first-order valence-electron chi connectivity index (χ1n) is 7.59. The van der Waals surface area contributed by atoms with Crippen LogP contribution in [0.25, 0.3) is 0 Å². The number of anilines is 1. The average Bonchev–Trinajstić information content (AvgIpc) is 2.56. The van der Waals surface area contributed by atoms with Crippen LogP contribution < -0.4 is 10.6 Å². The van der Waals surface area contributed by atoms with Gasteiger partial charge in [-0.05, 0) is 23.8 Å². The molecule has 0 saturated carbocycles. The van der Waals surface area contributed by atoms with Gasteiger partial charge in [0.1, 0.15) is 5.82 Å². The van der Waals surface area contributed by atoms with Crippen LogP contribution in [0.4, 0.5) is 10.1 Å². The second-order valence-corrected chi connectivity index (χ2v) is 5.30. The predicted molar refractivity (Wildman–Crippen MR) is 110 cm³/mol. The number of aliphatic imine (C=N–C) groups is 1. The van der Waals surface area contributed by atoms with Crippen LogP contribution in [0.1, 0.15) is 5.56 Å². The summed E-state index contributed by atoms with van der Waals surface area (Å²) in [6, 6.07) is 15.8. The van der Waals surface area contributed by atoms with Gasteiger partial charge in [-0.2, -0.15) is 0 Å². The number of nitrogens with one attached hydrogen (secondary N) is 2. The molecule has 0 unspecified atom stereocenters. The molecule has 134 valence electrons. The molecule has 0 bridgehead atoms. The molecular formula is C18H22FIN4O. The third kappa shape index (κ3) is 7.08. The molecule has 2 aromatic rings. The second kappa shape index (κ2) is 10.7. The Balaban J connectivity index is 0.00000312. The molecule has 1 amide bonds. The monoisotopic (exact) mass is 456 g/mol. The molecule has 2 aromatic carbocycles. The molecule has 0 aliphatic heterocycles. The minimum Gasteiger partial charge on any atom is -0.347 e. The van der Waals surface area contributed by atoms with Gasteiger partial charge in [0, 0.05) is 26.3 Å². The lowest BCUT2D eigenvalue weighted by Crippen LogP contribution is -2.42. The highest BCUT2D eigenvalue weighted by Gasteiger charge is 2.09. The standard InChI is InChI=1S/C18H21FN4O.HI/c1-20-18(23(2)13-14-7-4-3-5-8-14)21-12-17(24)22-16-10-6-9-15(19)11-16;/h3-11H,12-13H2,1-2H3,(H,20,21)(H,22,24);1H. The molecule has 2 N–H and O–H groups in total. The van der Waals surface area contributed by atoms with E-state index in [9.17, 15) is 9.18 Å². The third-order valence-corrected chi connectivity index (χ3v) is 3.35. The van der Waals surface area contributed by atoms with Crippen molar-refractivity contribution in [2.24, 2.45) is 4.99 Å². The molecule has 0 spiro atoms. The Morgan fingerprint density at radius 3 is 2.52 bits per heavy atom. The first-order valence-corrected chi connectivity index (χ1v) is 7.59. The van der Waals surface area contributed by atoms with Gasteiger partial charge in [-0.15, -0.1) is 24.0 Å². The van der Waals surface area contributed by atoms with E-state index >= 15 is 0 Å². The fourth-order valence-corrected chi connectivity index (χ4v) is 2.25. The Morgan fingerprint density at radius 1 is 1.16 bits per heavy atom. The first kappa shape index (κ1) is 20.9. The normalized spacial score (nSPS) is 10.6. The van der Waals surface area contributed by atoms with E-state index in [1.54, 1.807) is 19.2 Å². The number of halogens is 2. The van der Waals surface area contributed by atoms with Gasteiger partial charge in [0.15, 0.2) is 5.96 Å². The lowest BCUT2D eigenvalue weighted by Gasteiger charge is -2.22. The van der Waals surface area contributed by atoms with Crippen molar-refractivity contribution < 1.29 is 9.18 Å². The zero-order chi connectivity index (χ0) is 17.4. The van der Waals surface area contributed by atoms with Crippen molar-refractivity contribution in [1.82, 2.24) is 10.2 Å². The van der Waals surface area contributed by atoms with E-state index < -0.39 is 0 Å². The summed E-state index contributed by atoms with van der Waals surface area (Å²) < 4.78 is 13.1. The van der Waals surface area contributed by atoms with Gasteiger partial charge < -0.3 is 15.5 Å². The van der Waals surface area contributed by atoms with Crippen molar-refractivity contribution in [1.29, 1.82) is 0 Å². The van der Waals surface area contributed by atoms with Crippen molar-refractivity contribution >= 4 is 41.5 Å². The summed E-state index contributed by atoms with van der Waals surface area (Å²) in [4.78, 5) is 18.0. The molecule has 0 aliphatic carbocycles. The Kier molecular flexibility index (Phi) is 8.90. The average molecular weight is 456 g/mol. The summed E-state index contributed by atoms with van der Waals surface area (Å²) in [6.07, 6.45) is 0. The van der Waals surface area contributed by atoms with Crippen LogP contribution in [0.3, 0.4) is 0 Å². The number of nitrogens with zero attached hydrogens (tertiary/aromatic N) is 2. The van der Waals surface area contributed by atoms with Gasteiger partial charge in [0.05, 0.1) is 6.54 Å². The summed E-state index contributed by atoms with van der Waals surface area (Å²) in [5.74, 6) is -0.0535. The molecule has 0 aromatic heterocycles. The highest BCUT2D eigenvalue weighted by molar-refractivity contribution is 14.0. The number of amides is 1. The van der Waals surface area contributed by atoms with Crippen LogP contribution in [0, 0.1) is 5.82 Å². The number of guanidine groups is 1. The lowest BCUT2D eigenvalue weighted by molar-refractivity contribution is -0.115. The van der Waals surface area contributed by atoms with Crippen LogP contribution in [0.2, 0.25) is 0 Å². The predicted octanol–water partition coefficient (Wildman–Crippen LogP) is 3.09. The Hall–Kier alpha value is -2.16. The van der Waals surface area contributed by atoms with E-state index in [-0.39, 0.29) is 42.2 Å². The first-order chi connectivity index (χ1) is 11.6. The molecule has 25 heavy (non-hydrogen) atoms. The van der Waals surface area contributed by atoms with Gasteiger partial charge in [-0.25, -0.2) is 4.39 Å². The molecule has 0 atom stereocenters. The quantitative estimate of drug-likeness (QED) is 0.413. The molecule has 5 nitrogen and oxygen atoms in total. The van der Waals surface area contributed by atoms with E-state index in [0.29, 0.717) is 18.2 Å². The maximum Gasteiger partial charge on any atom is 0.243 e. The van der Waals surface area contributed by atoms with Crippen LogP contribution >= 0.6 is 24.0 Å². The number of carbonyl (C=O) groups is 1. The summed E-state index contributed by atoms with van der Waals surface area (Å²) in [5, 5.41) is 5.63. The molecular weight excluding hydrogens is 434 g/mol. The van der Waals surface area contributed by atoms with E-state index in [4.69, 9.17) is 0 Å². The summed E-state index contributed by atoms with van der Waals surface area (Å²) in [7, 11) is 3.56. The maximum atomic E-state index is 13.1. The molecule has 0 heterocycles. The van der Waals surface area contributed by atoms with E-state index in [1.165, 1.54) is 12.1 Å². The highest BCUT2D eigenvalue weighted by Crippen LogP contribution is 2.08. The van der Waals surface area contributed by atoms with Gasteiger partial charge in [-0.3, -0.25) is 9.79 Å². The van der Waals surface area contributed by atoms with Crippen molar-refractivity contribution in [2.45, 2.75) is 6.54 Å². The molecule has 2 rings (SSSR count). The summed E-state index contributed by atoms with van der Waals surface area (Å²) in [6.45, 7) is 0.717. The minimum atomic E-state index is -0.390. The van der Waals surface area contributed by atoms with Crippen LogP contribution in [0.5, 0.6) is 0 Å². The molecule has 0 radical (unpaired) electrons. The number of rotatable bonds is 5. The van der Waals surface area contributed by atoms with Gasteiger partial charge in [0.25, 0.3) is 0 Å². The lowest BCUT2D eigenvalue weighted by atomic mass is 10.2. The molecule has 7 heteroatoms. The summed E-state index contributed by atoms with van der Waals surface area (Å²) in [5.41, 5.74) is 1.57. The SMILES string of the molecule is CN=C(NCC(=O)Nc1cccc(F)c1)N(C)Cc1ccccc1.I. The van der Waals surface area contributed by atoms with Gasteiger partial charge in [-0.1, -0.05) is 36.4 Å². The van der Waals surface area contributed by atoms with Crippen molar-refractivity contribution in [3.63, 3.8) is 0 Å². The van der Waals surface area contributed by atoms with Crippen LogP contribution in [-0.2, 0) is 11.3 Å². The minimum absolute atomic E-state index is 0. The molecule has 0 saturated heterocycles. The molecule has 0 aliphatic rings. The Morgan fingerprint density at radius 2 is 1.88 bits per heavy atom. The van der Waals surface area contributed by atoms with Crippen molar-refractivity contribution in [2.75, 3.05) is 26.0 Å². The largest absolute Gasteiger partial charge is 0.347 e. The smallest absolute Gasteiger partial charge is 0.243 e. The fraction of sp³-hybridized carbons (Fsp3) is 0.222. The van der Waals surface area contributed by atoms with E-state index in [0.717, 1.165) is 5.56 Å². The maximum absolute atomic E-state index is 13.1. The van der Waals surface area contributed by atoms with Crippen molar-refractivity contribution in [3.8, 4) is 0 Å². The topological polar surface area (TPSA) is 56.7 Å². The summed E-state index contributed by atoms with van der Waals surface area (Å²) >= 11 is 0. The van der Waals surface area contributed by atoms with Gasteiger partial charge >= 0.3 is 0 Å². The fourth-order valence-electron chi connectivity index (χ4n) is 2.25. The number of benzene rings is 2. The Bertz CT molecular complexity index is 709. The Labute approximate surface area is 164 Å². The van der Waals surface area contributed by atoms with E-state index in [2.05, 4.69) is 15.6 Å². The third-order valence-electron chi connectivity index (χ3n) is 3.35. The zero-order valence-corrected chi connectivity index (χ0v) is 16.5. The highest BCUT2D eigenvalue weighted by atomic mass is 127. The number of carbonyl (C=O) groups excluding carboxylic acids is 1. The second-order valence-electron chi connectivity index (χ2n) is 5.30. The number of hydrogen-bond donors (Lipinski definition) is 2. The van der Waals surface area contributed by atoms with E-state index in [1.807, 2.05) is 42.3 Å². The van der Waals surface area contributed by atoms with Crippen molar-refractivity contribution in [3.05, 3.63) is 66.0 Å². The van der Waals surface area contributed by atoms with Crippen LogP contribution in [0.15, 0.2) is 59.6 Å². The molecule has 0 fully saturated rings.